The summed E-state index contributed by atoms with van der Waals surface area (Å²) >= 11 is 6.43. The first-order valence-electron chi connectivity index (χ1n) is 9.97. The predicted octanol–water partition coefficient (Wildman–Crippen LogP) is 4.67. The van der Waals surface area contributed by atoms with Crippen LogP contribution in [0.3, 0.4) is 0 Å². The van der Waals surface area contributed by atoms with E-state index in [1.807, 2.05) is 0 Å². The molecule has 166 valence electrons. The topological polar surface area (TPSA) is 81.3 Å². The average Bonchev–Trinajstić information content (AvgIpc) is 3.39. The molecule has 0 spiro atoms. The molecule has 1 atom stereocenters. The maximum Gasteiger partial charge on any atom is 0.433 e. The van der Waals surface area contributed by atoms with Gasteiger partial charge in [-0.05, 0) is 42.2 Å². The Bertz CT molecular complexity index is 1280. The van der Waals surface area contributed by atoms with Gasteiger partial charge in [0.15, 0.2) is 0 Å². The number of nitrogen functional groups attached to an aromatic ring is 1. The minimum atomic E-state index is -4.51. The third-order valence-corrected chi connectivity index (χ3v) is 6.46. The number of nitrogens with zero attached hydrogens (tertiary/aromatic N) is 3. The van der Waals surface area contributed by atoms with Crippen LogP contribution in [0.15, 0.2) is 24.3 Å². The van der Waals surface area contributed by atoms with Gasteiger partial charge in [0, 0.05) is 23.7 Å². The summed E-state index contributed by atoms with van der Waals surface area (Å²) in [7, 11) is 1.62. The Balaban J connectivity index is 1.50. The number of benzene rings is 1. The molecule has 0 saturated carbocycles. The zero-order valence-electron chi connectivity index (χ0n) is 17.0. The van der Waals surface area contributed by atoms with Crippen molar-refractivity contribution in [3.8, 4) is 0 Å². The lowest BCUT2D eigenvalue weighted by molar-refractivity contribution is -0.141. The van der Waals surface area contributed by atoms with Gasteiger partial charge in [0.1, 0.15) is 11.5 Å². The van der Waals surface area contributed by atoms with Gasteiger partial charge in [0.25, 0.3) is 5.91 Å². The third kappa shape index (κ3) is 3.27. The van der Waals surface area contributed by atoms with Gasteiger partial charge >= 0.3 is 6.18 Å². The Morgan fingerprint density at radius 3 is 2.72 bits per heavy atom. The van der Waals surface area contributed by atoms with Crippen molar-refractivity contribution in [2.45, 2.75) is 38.3 Å². The van der Waals surface area contributed by atoms with E-state index in [0.717, 1.165) is 22.6 Å². The first-order chi connectivity index (χ1) is 15.1. The number of halogens is 4. The van der Waals surface area contributed by atoms with Crippen LogP contribution in [0.25, 0.3) is 10.9 Å². The first kappa shape index (κ1) is 21.0. The molecule has 0 fully saturated rings. The quantitative estimate of drug-likeness (QED) is 0.598. The van der Waals surface area contributed by atoms with Crippen LogP contribution in [-0.2, 0) is 30.5 Å². The number of ether oxygens (including phenoxy) is 1. The molecule has 0 radical (unpaired) electrons. The van der Waals surface area contributed by atoms with E-state index in [4.69, 9.17) is 22.1 Å². The Morgan fingerprint density at radius 2 is 1.97 bits per heavy atom. The summed E-state index contributed by atoms with van der Waals surface area (Å²) in [5.41, 5.74) is 8.63. The number of hydrogen-bond donors (Lipinski definition) is 1. The molecule has 3 heterocycles. The molecule has 1 aromatic carbocycles. The molecule has 32 heavy (non-hydrogen) atoms. The lowest BCUT2D eigenvalue weighted by Crippen LogP contribution is -2.30. The van der Waals surface area contributed by atoms with Crippen LogP contribution in [-0.4, -0.2) is 27.8 Å². The fraction of sp³-hybridized carbons (Fsp3) is 0.318. The molecular weight excluding hydrogens is 445 g/mol. The maximum atomic E-state index is 13.4. The number of anilines is 1. The highest BCUT2D eigenvalue weighted by Crippen LogP contribution is 2.39. The van der Waals surface area contributed by atoms with Crippen molar-refractivity contribution in [2.75, 3.05) is 12.8 Å². The smallest absolute Gasteiger partial charge is 0.383 e. The number of alkyl halides is 3. The van der Waals surface area contributed by atoms with Gasteiger partial charge in [-0.15, -0.1) is 0 Å². The molecule has 0 bridgehead atoms. The summed E-state index contributed by atoms with van der Waals surface area (Å²) < 4.78 is 44.5. The van der Waals surface area contributed by atoms with Crippen molar-refractivity contribution in [1.29, 1.82) is 0 Å². The fourth-order valence-electron chi connectivity index (χ4n) is 4.49. The van der Waals surface area contributed by atoms with Gasteiger partial charge in [0.2, 0.25) is 0 Å². The number of carbonyl (C=O) groups is 1. The number of amides is 1. The van der Waals surface area contributed by atoms with Gasteiger partial charge in [-0.2, -0.15) is 13.2 Å². The molecular formula is C22H18ClF3N4O2. The number of fused-ring (bicyclic) bond motifs is 4. The zero-order chi connectivity index (χ0) is 22.8. The van der Waals surface area contributed by atoms with E-state index >= 15 is 0 Å². The number of carbonyl (C=O) groups excluding carboxylic acids is 1. The molecule has 0 unspecified atom stereocenters. The van der Waals surface area contributed by atoms with E-state index in [-0.39, 0.29) is 16.5 Å². The Labute approximate surface area is 186 Å². The molecule has 3 aromatic rings. The Kier molecular flexibility index (Phi) is 4.79. The van der Waals surface area contributed by atoms with Crippen molar-refractivity contribution in [1.82, 2.24) is 14.9 Å². The number of nitrogens with two attached hydrogens (primary N) is 1. The van der Waals surface area contributed by atoms with Crippen LogP contribution in [0, 0.1) is 0 Å². The molecule has 6 nitrogen and oxygen atoms in total. The molecule has 1 aliphatic carbocycles. The zero-order valence-corrected chi connectivity index (χ0v) is 17.7. The molecule has 2 N–H and O–H groups in total. The van der Waals surface area contributed by atoms with Gasteiger partial charge in [-0.25, -0.2) is 9.97 Å². The molecule has 5 rings (SSSR count). The van der Waals surface area contributed by atoms with Crippen LogP contribution in [0.1, 0.15) is 50.9 Å². The number of rotatable bonds is 2. The van der Waals surface area contributed by atoms with Crippen LogP contribution >= 0.6 is 11.6 Å². The maximum absolute atomic E-state index is 13.4. The number of aromatic nitrogens is 2. The number of pyridine rings is 2. The predicted molar refractivity (Wildman–Crippen MR) is 112 cm³/mol. The molecule has 1 amide bonds. The summed E-state index contributed by atoms with van der Waals surface area (Å²) in [4.78, 5) is 23.0. The van der Waals surface area contributed by atoms with Gasteiger partial charge in [-0.3, -0.25) is 4.79 Å². The summed E-state index contributed by atoms with van der Waals surface area (Å²) in [6.45, 7) is 0.731. The normalized spacial score (nSPS) is 17.5. The third-order valence-electron chi connectivity index (χ3n) is 6.15. The Morgan fingerprint density at radius 1 is 1.22 bits per heavy atom. The molecule has 2 aliphatic rings. The van der Waals surface area contributed by atoms with Crippen LogP contribution in [0.4, 0.5) is 19.0 Å². The average molecular weight is 463 g/mol. The second-order valence-electron chi connectivity index (χ2n) is 8.00. The summed E-state index contributed by atoms with van der Waals surface area (Å²) in [5.74, 6) is 0.0460. The lowest BCUT2D eigenvalue weighted by Gasteiger charge is -2.26. The van der Waals surface area contributed by atoms with E-state index < -0.39 is 17.9 Å². The van der Waals surface area contributed by atoms with E-state index in [0.29, 0.717) is 48.6 Å². The SMILES string of the molecule is CN(C(=O)c1cc2c3c(c(N)nc2cc1Cl)COC3)[C@@H]1CCc2nc(C(F)(F)F)ccc21. The van der Waals surface area contributed by atoms with E-state index in [1.165, 1.54) is 11.0 Å². The summed E-state index contributed by atoms with van der Waals surface area (Å²) in [5, 5.41) is 0.972. The minimum absolute atomic E-state index is 0.226. The van der Waals surface area contributed by atoms with E-state index in [9.17, 15) is 18.0 Å². The number of aryl methyl sites for hydroxylation is 1. The molecule has 10 heteroatoms. The molecule has 2 aromatic heterocycles. The van der Waals surface area contributed by atoms with Crippen LogP contribution in [0.2, 0.25) is 5.02 Å². The highest BCUT2D eigenvalue weighted by atomic mass is 35.5. The van der Waals surface area contributed by atoms with Crippen LogP contribution < -0.4 is 5.73 Å². The summed E-state index contributed by atoms with van der Waals surface area (Å²) in [6.07, 6.45) is -3.66. The second kappa shape index (κ2) is 7.31. The van der Waals surface area contributed by atoms with E-state index in [2.05, 4.69) is 9.97 Å². The highest BCUT2D eigenvalue weighted by molar-refractivity contribution is 6.34. The minimum Gasteiger partial charge on any atom is -0.383 e. The fourth-order valence-corrected chi connectivity index (χ4v) is 4.73. The van der Waals surface area contributed by atoms with Gasteiger partial charge < -0.3 is 15.4 Å². The second-order valence-corrected chi connectivity index (χ2v) is 8.40. The van der Waals surface area contributed by atoms with E-state index in [1.54, 1.807) is 19.2 Å². The first-order valence-corrected chi connectivity index (χ1v) is 10.4. The van der Waals surface area contributed by atoms with Gasteiger partial charge in [0.05, 0.1) is 35.4 Å². The molecule has 1 aliphatic heterocycles. The van der Waals surface area contributed by atoms with Crippen molar-refractivity contribution in [3.63, 3.8) is 0 Å². The van der Waals surface area contributed by atoms with Crippen molar-refractivity contribution < 1.29 is 22.7 Å². The monoisotopic (exact) mass is 462 g/mol. The Hall–Kier alpha value is -2.91. The highest BCUT2D eigenvalue weighted by Gasteiger charge is 2.36. The standard InChI is InChI=1S/C22H18ClF3N4O2/c1-30(18-4-3-16-10(18)2-5-19(28-16)22(24,25)26)21(31)12-6-11-13-8-32-9-14(13)20(27)29-17(11)7-15(12)23/h2,5-7,18H,3-4,8-9H2,1H3,(H2,27,29)/t18-/m1/s1. The summed E-state index contributed by atoms with van der Waals surface area (Å²) in [6, 6.07) is 5.27. The lowest BCUT2D eigenvalue weighted by atomic mass is 10.0. The van der Waals surface area contributed by atoms with Crippen molar-refractivity contribution in [3.05, 3.63) is 62.9 Å². The van der Waals surface area contributed by atoms with Crippen molar-refractivity contribution >= 4 is 34.2 Å². The largest absolute Gasteiger partial charge is 0.433 e. The number of hydrogen-bond acceptors (Lipinski definition) is 5. The van der Waals surface area contributed by atoms with Gasteiger partial charge in [-0.1, -0.05) is 17.7 Å². The van der Waals surface area contributed by atoms with Crippen LogP contribution in [0.5, 0.6) is 0 Å². The van der Waals surface area contributed by atoms with Crippen molar-refractivity contribution in [2.24, 2.45) is 0 Å². The molecule has 0 saturated heterocycles.